The molecule has 5 nitrogen and oxygen atoms in total. The predicted molar refractivity (Wildman–Crippen MR) is 108 cm³/mol. The molecule has 4 N–H and O–H groups in total. The summed E-state index contributed by atoms with van der Waals surface area (Å²) in [6.07, 6.45) is 9.43. The van der Waals surface area contributed by atoms with Crippen LogP contribution in [0.1, 0.15) is 62.6 Å². The van der Waals surface area contributed by atoms with Crippen molar-refractivity contribution in [3.63, 3.8) is 0 Å². The Morgan fingerprint density at radius 3 is 2.44 bits per heavy atom. The molecule has 2 aliphatic carbocycles. The van der Waals surface area contributed by atoms with E-state index in [1.54, 1.807) is 0 Å². The topological polar surface area (TPSA) is 77.4 Å². The Kier molecular flexibility index (Phi) is 4.09. The molecule has 27 heavy (non-hydrogen) atoms. The van der Waals surface area contributed by atoms with E-state index in [2.05, 4.69) is 24.0 Å². The minimum Gasteiger partial charge on any atom is -0.381 e. The first-order valence-electron chi connectivity index (χ1n) is 10.8. The Labute approximate surface area is 162 Å². The number of nitrogens with zero attached hydrogens (tertiary/aromatic N) is 2. The van der Waals surface area contributed by atoms with Crippen LogP contribution >= 0.6 is 0 Å². The third kappa shape index (κ3) is 2.99. The molecule has 3 heterocycles. The van der Waals surface area contributed by atoms with Crippen molar-refractivity contribution in [3.05, 3.63) is 23.4 Å². The summed E-state index contributed by atoms with van der Waals surface area (Å²) in [5.74, 6) is 1.12. The second kappa shape index (κ2) is 6.16. The normalized spacial score (nSPS) is 37.9. The van der Waals surface area contributed by atoms with Crippen molar-refractivity contribution in [2.24, 2.45) is 22.3 Å². The van der Waals surface area contributed by atoms with E-state index in [0.29, 0.717) is 16.9 Å². The first kappa shape index (κ1) is 17.9. The molecule has 2 aliphatic heterocycles. The second-order valence-electron chi connectivity index (χ2n) is 10.1. The number of anilines is 1. The highest BCUT2D eigenvalue weighted by Crippen LogP contribution is 2.62. The summed E-state index contributed by atoms with van der Waals surface area (Å²) in [6.45, 7) is 6.20. The lowest BCUT2D eigenvalue weighted by atomic mass is 9.46. The lowest BCUT2D eigenvalue weighted by Crippen LogP contribution is -2.63. The lowest BCUT2D eigenvalue weighted by Gasteiger charge is -2.62. The van der Waals surface area contributed by atoms with Crippen molar-refractivity contribution in [1.82, 2.24) is 4.98 Å². The molecule has 2 spiro atoms. The molecular weight excluding hydrogens is 336 g/mol. The van der Waals surface area contributed by atoms with Gasteiger partial charge in [-0.2, -0.15) is 0 Å². The van der Waals surface area contributed by atoms with E-state index in [4.69, 9.17) is 21.2 Å². The van der Waals surface area contributed by atoms with Crippen LogP contribution in [0.4, 0.5) is 5.82 Å². The van der Waals surface area contributed by atoms with Crippen LogP contribution in [0, 0.1) is 17.8 Å². The summed E-state index contributed by atoms with van der Waals surface area (Å²) in [7, 11) is 0. The molecule has 0 bridgehead atoms. The third-order valence-corrected chi connectivity index (χ3v) is 7.93. The van der Waals surface area contributed by atoms with E-state index in [1.165, 1.54) is 31.2 Å². The van der Waals surface area contributed by atoms with Gasteiger partial charge in [-0.15, -0.1) is 0 Å². The van der Waals surface area contributed by atoms with Gasteiger partial charge in [-0.05, 0) is 80.8 Å². The molecule has 148 valence electrons. The van der Waals surface area contributed by atoms with E-state index in [-0.39, 0.29) is 5.54 Å². The van der Waals surface area contributed by atoms with Gasteiger partial charge in [0.05, 0.1) is 6.61 Å². The van der Waals surface area contributed by atoms with Gasteiger partial charge in [0.2, 0.25) is 0 Å². The van der Waals surface area contributed by atoms with Crippen LogP contribution in [0.3, 0.4) is 0 Å². The number of ether oxygens (including phenoxy) is 1. The Morgan fingerprint density at radius 2 is 1.85 bits per heavy atom. The molecule has 0 amide bonds. The zero-order valence-corrected chi connectivity index (χ0v) is 16.7. The van der Waals surface area contributed by atoms with E-state index in [1.807, 2.05) is 0 Å². The largest absolute Gasteiger partial charge is 0.381 e. The van der Waals surface area contributed by atoms with Crippen LogP contribution in [-0.2, 0) is 10.3 Å². The zero-order valence-electron chi connectivity index (χ0n) is 16.7. The molecule has 1 aromatic heterocycles. The van der Waals surface area contributed by atoms with Crippen LogP contribution in [-0.4, -0.2) is 37.3 Å². The van der Waals surface area contributed by atoms with Gasteiger partial charge >= 0.3 is 0 Å². The maximum atomic E-state index is 6.77. The van der Waals surface area contributed by atoms with Gasteiger partial charge < -0.3 is 21.1 Å². The highest BCUT2D eigenvalue weighted by molar-refractivity contribution is 5.45. The Morgan fingerprint density at radius 1 is 1.11 bits per heavy atom. The van der Waals surface area contributed by atoms with Gasteiger partial charge in [0.15, 0.2) is 0 Å². The van der Waals surface area contributed by atoms with Crippen molar-refractivity contribution < 1.29 is 4.74 Å². The summed E-state index contributed by atoms with van der Waals surface area (Å²) < 4.78 is 5.78. The number of aromatic nitrogens is 1. The number of hydrogen-bond donors (Lipinski definition) is 2. The number of hydrogen-bond acceptors (Lipinski definition) is 5. The average molecular weight is 371 g/mol. The molecule has 2 saturated carbocycles. The van der Waals surface area contributed by atoms with Crippen molar-refractivity contribution in [2.75, 3.05) is 31.2 Å². The van der Waals surface area contributed by atoms with Gasteiger partial charge in [0.1, 0.15) is 5.82 Å². The van der Waals surface area contributed by atoms with Crippen molar-refractivity contribution in [2.45, 2.75) is 69.9 Å². The molecule has 0 atom stereocenters. The fourth-order valence-corrected chi connectivity index (χ4v) is 6.58. The standard InChI is InChI=1S/C22H34N4O/c1-16-18(22(24)13-21(14-22)11-17(23)12-21)3-4-19(25-16)26-8-6-20(7-9-26)5-2-10-27-15-20/h3-4,17H,2,5-15,23-24H2,1H3. The third-order valence-electron chi connectivity index (χ3n) is 7.93. The molecule has 4 aliphatic rings. The van der Waals surface area contributed by atoms with E-state index in [0.717, 1.165) is 63.5 Å². The average Bonchev–Trinajstić information content (AvgIpc) is 2.60. The molecule has 5 rings (SSSR count). The Bertz CT molecular complexity index is 703. The fraction of sp³-hybridized carbons (Fsp3) is 0.773. The van der Waals surface area contributed by atoms with Crippen LogP contribution in [0.2, 0.25) is 0 Å². The first-order valence-corrected chi connectivity index (χ1v) is 10.8. The van der Waals surface area contributed by atoms with E-state index >= 15 is 0 Å². The number of nitrogens with two attached hydrogens (primary N) is 2. The van der Waals surface area contributed by atoms with Gasteiger partial charge in [-0.3, -0.25) is 0 Å². The smallest absolute Gasteiger partial charge is 0.128 e. The Hall–Kier alpha value is -1.17. The fourth-order valence-electron chi connectivity index (χ4n) is 6.58. The number of piperidine rings is 1. The second-order valence-corrected chi connectivity index (χ2v) is 10.1. The number of pyridine rings is 1. The SMILES string of the molecule is Cc1nc(N2CCC3(CCCOC3)CC2)ccc1C1(N)CC2(CC(N)C2)C1. The monoisotopic (exact) mass is 370 g/mol. The molecule has 1 aromatic rings. The van der Waals surface area contributed by atoms with Gasteiger partial charge in [0.25, 0.3) is 0 Å². The minimum absolute atomic E-state index is 0.193. The van der Waals surface area contributed by atoms with Crippen molar-refractivity contribution in [1.29, 1.82) is 0 Å². The highest BCUT2D eigenvalue weighted by Gasteiger charge is 2.58. The van der Waals surface area contributed by atoms with Crippen LogP contribution in [0.15, 0.2) is 12.1 Å². The van der Waals surface area contributed by atoms with Crippen LogP contribution < -0.4 is 16.4 Å². The number of rotatable bonds is 2. The molecule has 5 heteroatoms. The molecule has 2 saturated heterocycles. The summed E-state index contributed by atoms with van der Waals surface area (Å²) in [6, 6.07) is 4.84. The predicted octanol–water partition coefficient (Wildman–Crippen LogP) is 2.84. The van der Waals surface area contributed by atoms with Crippen LogP contribution in [0.5, 0.6) is 0 Å². The maximum Gasteiger partial charge on any atom is 0.128 e. The minimum atomic E-state index is -0.193. The van der Waals surface area contributed by atoms with E-state index < -0.39 is 0 Å². The zero-order chi connectivity index (χ0) is 18.7. The van der Waals surface area contributed by atoms with Crippen molar-refractivity contribution in [3.8, 4) is 0 Å². The van der Waals surface area contributed by atoms with E-state index in [9.17, 15) is 0 Å². The summed E-state index contributed by atoms with van der Waals surface area (Å²) in [4.78, 5) is 7.43. The molecule has 4 fully saturated rings. The molecule has 0 aromatic carbocycles. The van der Waals surface area contributed by atoms with Crippen LogP contribution in [0.25, 0.3) is 0 Å². The maximum absolute atomic E-state index is 6.77. The summed E-state index contributed by atoms with van der Waals surface area (Å²) >= 11 is 0. The van der Waals surface area contributed by atoms with Gasteiger partial charge in [-0.25, -0.2) is 4.98 Å². The molecule has 0 unspecified atom stereocenters. The Balaban J connectivity index is 1.26. The lowest BCUT2D eigenvalue weighted by molar-refractivity contribution is -0.0593. The highest BCUT2D eigenvalue weighted by atomic mass is 16.5. The van der Waals surface area contributed by atoms with Gasteiger partial charge in [0, 0.05) is 37.0 Å². The molecular formula is C22H34N4O. The van der Waals surface area contributed by atoms with Gasteiger partial charge in [-0.1, -0.05) is 6.07 Å². The number of aryl methyl sites for hydroxylation is 1. The molecule has 0 radical (unpaired) electrons. The summed E-state index contributed by atoms with van der Waals surface area (Å²) in [5, 5.41) is 0. The quantitative estimate of drug-likeness (QED) is 0.837. The van der Waals surface area contributed by atoms with Crippen molar-refractivity contribution >= 4 is 5.82 Å². The summed E-state index contributed by atoms with van der Waals surface area (Å²) in [5.41, 5.74) is 15.8. The first-order chi connectivity index (χ1) is 12.9.